The molecule has 100 valence electrons. The molecule has 18 heavy (non-hydrogen) atoms. The van der Waals surface area contributed by atoms with E-state index in [2.05, 4.69) is 0 Å². The fourth-order valence-electron chi connectivity index (χ4n) is 3.25. The molecule has 0 radical (unpaired) electrons. The molecule has 1 amide bonds. The van der Waals surface area contributed by atoms with Crippen LogP contribution in [-0.4, -0.2) is 29.9 Å². The monoisotopic (exact) mass is 286 g/mol. The molecule has 1 aliphatic heterocycles. The Hall–Kier alpha value is -0.580. The third-order valence-electron chi connectivity index (χ3n) is 4.21. The van der Waals surface area contributed by atoms with Crippen LogP contribution < -0.4 is 5.73 Å². The summed E-state index contributed by atoms with van der Waals surface area (Å²) < 4.78 is 0. The van der Waals surface area contributed by atoms with Crippen molar-refractivity contribution in [1.29, 1.82) is 0 Å². The van der Waals surface area contributed by atoms with E-state index in [-0.39, 0.29) is 18.3 Å². The zero-order valence-corrected chi connectivity index (χ0v) is 11.9. The van der Waals surface area contributed by atoms with Crippen LogP contribution in [0, 0.1) is 11.8 Å². The van der Waals surface area contributed by atoms with Crippen LogP contribution >= 0.6 is 23.7 Å². The number of carbonyl (C=O) groups is 1. The summed E-state index contributed by atoms with van der Waals surface area (Å²) in [5.41, 5.74) is 7.00. The summed E-state index contributed by atoms with van der Waals surface area (Å²) in [4.78, 5) is 14.3. The fraction of sp³-hybridized carbons (Fsp3) is 0.615. The summed E-state index contributed by atoms with van der Waals surface area (Å²) in [5, 5.41) is 3.90. The minimum atomic E-state index is 0. The number of rotatable bonds is 1. The third kappa shape index (κ3) is 2.42. The number of hydrogen-bond acceptors (Lipinski definition) is 3. The molecule has 3 atom stereocenters. The summed E-state index contributed by atoms with van der Waals surface area (Å²) in [5.74, 6) is 1.36. The Morgan fingerprint density at radius 1 is 1.39 bits per heavy atom. The Labute approximate surface area is 118 Å². The van der Waals surface area contributed by atoms with E-state index >= 15 is 0 Å². The first kappa shape index (κ1) is 13.8. The summed E-state index contributed by atoms with van der Waals surface area (Å²) in [7, 11) is 0. The van der Waals surface area contributed by atoms with Crippen LogP contribution in [0.25, 0.3) is 0 Å². The molecule has 0 spiro atoms. The number of nitrogens with two attached hydrogens (primary N) is 1. The molecule has 2 N–H and O–H groups in total. The lowest BCUT2D eigenvalue weighted by atomic mass is 9.78. The lowest BCUT2D eigenvalue weighted by molar-refractivity contribution is 0.0784. The van der Waals surface area contributed by atoms with Crippen LogP contribution in [0.1, 0.15) is 29.6 Å². The number of nitrogens with zero attached hydrogens (tertiary/aromatic N) is 1. The van der Waals surface area contributed by atoms with Crippen LogP contribution in [-0.2, 0) is 0 Å². The minimum Gasteiger partial charge on any atom is -0.338 e. The number of hydrogen-bond donors (Lipinski definition) is 1. The van der Waals surface area contributed by atoms with Gasteiger partial charge in [-0.25, -0.2) is 0 Å². The van der Waals surface area contributed by atoms with Crippen molar-refractivity contribution >= 4 is 29.7 Å². The standard InChI is InChI=1S/C13H18N2OS.ClH/c14-12-3-1-2-9-6-15(7-11(9)12)13(16)10-4-5-17-8-10;/h4-5,8-9,11-12H,1-3,6-7,14H2;1H. The van der Waals surface area contributed by atoms with Gasteiger partial charge >= 0.3 is 0 Å². The predicted molar refractivity (Wildman–Crippen MR) is 76.3 cm³/mol. The number of amides is 1. The van der Waals surface area contributed by atoms with Crippen molar-refractivity contribution in [2.75, 3.05) is 13.1 Å². The quantitative estimate of drug-likeness (QED) is 0.861. The third-order valence-corrected chi connectivity index (χ3v) is 4.89. The van der Waals surface area contributed by atoms with E-state index in [4.69, 9.17) is 5.73 Å². The number of fused-ring (bicyclic) bond motifs is 1. The molecular weight excluding hydrogens is 268 g/mol. The van der Waals surface area contributed by atoms with Crippen molar-refractivity contribution in [3.8, 4) is 0 Å². The van der Waals surface area contributed by atoms with Crippen molar-refractivity contribution in [1.82, 2.24) is 4.90 Å². The molecule has 3 unspecified atom stereocenters. The molecule has 5 heteroatoms. The largest absolute Gasteiger partial charge is 0.338 e. The van der Waals surface area contributed by atoms with E-state index in [9.17, 15) is 4.79 Å². The molecule has 0 bridgehead atoms. The maximum absolute atomic E-state index is 12.2. The van der Waals surface area contributed by atoms with Gasteiger partial charge in [-0.2, -0.15) is 11.3 Å². The first-order valence-corrected chi connectivity index (χ1v) is 7.27. The zero-order chi connectivity index (χ0) is 11.8. The molecule has 3 nitrogen and oxygen atoms in total. The van der Waals surface area contributed by atoms with Crippen molar-refractivity contribution in [3.63, 3.8) is 0 Å². The second kappa shape index (κ2) is 5.59. The van der Waals surface area contributed by atoms with Gasteiger partial charge < -0.3 is 10.6 Å². The van der Waals surface area contributed by atoms with E-state index < -0.39 is 0 Å². The van der Waals surface area contributed by atoms with Gasteiger partial charge in [-0.1, -0.05) is 6.42 Å². The molecule has 0 aromatic carbocycles. The molecular formula is C13H19ClN2OS. The van der Waals surface area contributed by atoms with Crippen molar-refractivity contribution in [3.05, 3.63) is 22.4 Å². The second-order valence-electron chi connectivity index (χ2n) is 5.24. The molecule has 3 rings (SSSR count). The number of thiophene rings is 1. The van der Waals surface area contributed by atoms with Crippen LogP contribution in [0.5, 0.6) is 0 Å². The van der Waals surface area contributed by atoms with E-state index in [1.807, 2.05) is 21.7 Å². The molecule has 1 saturated carbocycles. The normalized spacial score (nSPS) is 30.7. The van der Waals surface area contributed by atoms with Crippen molar-refractivity contribution < 1.29 is 4.79 Å². The highest BCUT2D eigenvalue weighted by Crippen LogP contribution is 2.36. The van der Waals surface area contributed by atoms with E-state index in [1.165, 1.54) is 12.8 Å². The zero-order valence-electron chi connectivity index (χ0n) is 10.2. The van der Waals surface area contributed by atoms with Crippen LogP contribution in [0.2, 0.25) is 0 Å². The Morgan fingerprint density at radius 2 is 2.22 bits per heavy atom. The smallest absolute Gasteiger partial charge is 0.254 e. The minimum absolute atomic E-state index is 0. The fourth-order valence-corrected chi connectivity index (χ4v) is 3.88. The predicted octanol–water partition coefficient (Wildman–Crippen LogP) is 2.37. The van der Waals surface area contributed by atoms with E-state index in [0.717, 1.165) is 25.1 Å². The lowest BCUT2D eigenvalue weighted by Crippen LogP contribution is -2.38. The summed E-state index contributed by atoms with van der Waals surface area (Å²) in [6, 6.07) is 2.21. The topological polar surface area (TPSA) is 46.3 Å². The van der Waals surface area contributed by atoms with Gasteiger partial charge in [0, 0.05) is 24.5 Å². The molecule has 1 saturated heterocycles. The summed E-state index contributed by atoms with van der Waals surface area (Å²) in [6.07, 6.45) is 3.59. The van der Waals surface area contributed by atoms with Gasteiger partial charge in [-0.3, -0.25) is 4.79 Å². The van der Waals surface area contributed by atoms with Crippen LogP contribution in [0.4, 0.5) is 0 Å². The number of carbonyl (C=O) groups excluding carboxylic acids is 1. The highest BCUT2D eigenvalue weighted by atomic mass is 35.5. The van der Waals surface area contributed by atoms with Gasteiger partial charge in [0.1, 0.15) is 0 Å². The van der Waals surface area contributed by atoms with Gasteiger partial charge in [-0.15, -0.1) is 12.4 Å². The maximum Gasteiger partial charge on any atom is 0.254 e. The first-order chi connectivity index (χ1) is 8.25. The Kier molecular flexibility index (Phi) is 4.30. The molecule has 1 aromatic rings. The summed E-state index contributed by atoms with van der Waals surface area (Å²) in [6.45, 7) is 1.77. The SMILES string of the molecule is Cl.NC1CCCC2CN(C(=O)c3ccsc3)CC12. The number of likely N-dealkylation sites (tertiary alicyclic amines) is 1. The van der Waals surface area contributed by atoms with Crippen molar-refractivity contribution in [2.24, 2.45) is 17.6 Å². The second-order valence-corrected chi connectivity index (χ2v) is 6.02. The van der Waals surface area contributed by atoms with E-state index in [0.29, 0.717) is 17.9 Å². The van der Waals surface area contributed by atoms with Gasteiger partial charge in [0.2, 0.25) is 0 Å². The highest BCUT2D eigenvalue weighted by molar-refractivity contribution is 7.08. The van der Waals surface area contributed by atoms with Crippen LogP contribution in [0.3, 0.4) is 0 Å². The van der Waals surface area contributed by atoms with E-state index in [1.54, 1.807) is 11.3 Å². The average molecular weight is 287 g/mol. The van der Waals surface area contributed by atoms with Gasteiger partial charge in [0.05, 0.1) is 5.56 Å². The maximum atomic E-state index is 12.2. The molecule has 2 aliphatic rings. The highest BCUT2D eigenvalue weighted by Gasteiger charge is 2.40. The molecule has 2 fully saturated rings. The van der Waals surface area contributed by atoms with Gasteiger partial charge in [0.15, 0.2) is 0 Å². The molecule has 1 aliphatic carbocycles. The van der Waals surface area contributed by atoms with Crippen molar-refractivity contribution in [2.45, 2.75) is 25.3 Å². The average Bonchev–Trinajstić information content (AvgIpc) is 2.98. The Balaban J connectivity index is 0.00000120. The Morgan fingerprint density at radius 3 is 2.89 bits per heavy atom. The Bertz CT molecular complexity index is 409. The number of halogens is 1. The van der Waals surface area contributed by atoms with Crippen LogP contribution in [0.15, 0.2) is 16.8 Å². The van der Waals surface area contributed by atoms with Gasteiger partial charge in [-0.05, 0) is 36.1 Å². The summed E-state index contributed by atoms with van der Waals surface area (Å²) >= 11 is 1.58. The van der Waals surface area contributed by atoms with Gasteiger partial charge in [0.25, 0.3) is 5.91 Å². The lowest BCUT2D eigenvalue weighted by Gasteiger charge is -2.29. The molecule has 2 heterocycles. The molecule has 1 aromatic heterocycles. The first-order valence-electron chi connectivity index (χ1n) is 6.33.